The van der Waals surface area contributed by atoms with Crippen LogP contribution >= 0.6 is 0 Å². The molecule has 0 spiro atoms. The monoisotopic (exact) mass is 376 g/mol. The smallest absolute Gasteiger partial charge is 0.255 e. The summed E-state index contributed by atoms with van der Waals surface area (Å²) < 4.78 is 1.70. The number of nitrogens with one attached hydrogen (secondary N) is 2. The van der Waals surface area contributed by atoms with Gasteiger partial charge in [-0.3, -0.25) is 9.59 Å². The van der Waals surface area contributed by atoms with E-state index in [1.807, 2.05) is 58.2 Å². The first-order valence-electron chi connectivity index (χ1n) is 9.07. The van der Waals surface area contributed by atoms with E-state index in [-0.39, 0.29) is 11.8 Å². The second-order valence-electron chi connectivity index (χ2n) is 7.69. The SMILES string of the molecule is Cc1cc(NC(=O)c2cccc(-n3cccn3)c2)ccc1NC(=O)C(C)(C)C. The molecule has 2 amide bonds. The van der Waals surface area contributed by atoms with Crippen molar-refractivity contribution >= 4 is 23.2 Å². The van der Waals surface area contributed by atoms with E-state index in [9.17, 15) is 9.59 Å². The maximum absolute atomic E-state index is 12.6. The van der Waals surface area contributed by atoms with Gasteiger partial charge in [0.1, 0.15) is 0 Å². The predicted molar refractivity (Wildman–Crippen MR) is 111 cm³/mol. The third-order valence-corrected chi connectivity index (χ3v) is 4.29. The third-order valence-electron chi connectivity index (χ3n) is 4.29. The second kappa shape index (κ2) is 7.68. The summed E-state index contributed by atoms with van der Waals surface area (Å²) in [7, 11) is 0. The van der Waals surface area contributed by atoms with Gasteiger partial charge in [-0.25, -0.2) is 4.68 Å². The quantitative estimate of drug-likeness (QED) is 0.708. The molecule has 0 unspecified atom stereocenters. The first-order valence-corrected chi connectivity index (χ1v) is 9.07. The van der Waals surface area contributed by atoms with Crippen LogP contribution in [0.15, 0.2) is 60.9 Å². The molecule has 0 bridgehead atoms. The second-order valence-corrected chi connectivity index (χ2v) is 7.69. The summed E-state index contributed by atoms with van der Waals surface area (Å²) >= 11 is 0. The summed E-state index contributed by atoms with van der Waals surface area (Å²) in [5.74, 6) is -0.261. The molecule has 3 aromatic rings. The average Bonchev–Trinajstić information content (AvgIpc) is 3.18. The lowest BCUT2D eigenvalue weighted by molar-refractivity contribution is -0.123. The van der Waals surface area contributed by atoms with Gasteiger partial charge >= 0.3 is 0 Å². The topological polar surface area (TPSA) is 76.0 Å². The molecule has 0 aliphatic rings. The van der Waals surface area contributed by atoms with Crippen molar-refractivity contribution in [2.75, 3.05) is 10.6 Å². The van der Waals surface area contributed by atoms with Crippen molar-refractivity contribution in [2.24, 2.45) is 5.41 Å². The van der Waals surface area contributed by atoms with Crippen molar-refractivity contribution in [3.63, 3.8) is 0 Å². The van der Waals surface area contributed by atoms with E-state index in [2.05, 4.69) is 15.7 Å². The fraction of sp³-hybridized carbons (Fsp3) is 0.227. The molecule has 6 nitrogen and oxygen atoms in total. The summed E-state index contributed by atoms with van der Waals surface area (Å²) in [4.78, 5) is 24.8. The average molecular weight is 376 g/mol. The fourth-order valence-corrected chi connectivity index (χ4v) is 2.61. The van der Waals surface area contributed by atoms with Gasteiger partial charge in [-0.2, -0.15) is 5.10 Å². The Kier molecular flexibility index (Phi) is 5.31. The molecule has 0 fully saturated rings. The molecule has 144 valence electrons. The van der Waals surface area contributed by atoms with Gasteiger partial charge < -0.3 is 10.6 Å². The van der Waals surface area contributed by atoms with Crippen LogP contribution < -0.4 is 10.6 Å². The highest BCUT2D eigenvalue weighted by atomic mass is 16.2. The number of carbonyl (C=O) groups excluding carboxylic acids is 2. The van der Waals surface area contributed by atoms with Gasteiger partial charge in [-0.1, -0.05) is 26.8 Å². The van der Waals surface area contributed by atoms with E-state index in [1.54, 1.807) is 35.1 Å². The van der Waals surface area contributed by atoms with E-state index < -0.39 is 5.41 Å². The molecule has 0 saturated heterocycles. The molecule has 2 aromatic carbocycles. The van der Waals surface area contributed by atoms with E-state index >= 15 is 0 Å². The van der Waals surface area contributed by atoms with Crippen LogP contribution in [0.2, 0.25) is 0 Å². The number of anilines is 2. The Balaban J connectivity index is 1.74. The number of hydrogen-bond donors (Lipinski definition) is 2. The highest BCUT2D eigenvalue weighted by Gasteiger charge is 2.21. The van der Waals surface area contributed by atoms with Gasteiger partial charge in [0, 0.05) is 34.7 Å². The molecular formula is C22H24N4O2. The lowest BCUT2D eigenvalue weighted by Gasteiger charge is -2.19. The molecule has 28 heavy (non-hydrogen) atoms. The maximum atomic E-state index is 12.6. The zero-order chi connectivity index (χ0) is 20.3. The minimum Gasteiger partial charge on any atom is -0.325 e. The lowest BCUT2D eigenvalue weighted by Crippen LogP contribution is -2.27. The van der Waals surface area contributed by atoms with Gasteiger partial charge in [0.25, 0.3) is 5.91 Å². The van der Waals surface area contributed by atoms with Crippen LogP contribution in [0.25, 0.3) is 5.69 Å². The van der Waals surface area contributed by atoms with Crippen molar-refractivity contribution < 1.29 is 9.59 Å². The zero-order valence-electron chi connectivity index (χ0n) is 16.5. The summed E-state index contributed by atoms with van der Waals surface area (Å²) in [6.45, 7) is 7.49. The summed E-state index contributed by atoms with van der Waals surface area (Å²) in [6.07, 6.45) is 3.51. The Morgan fingerprint density at radius 3 is 2.43 bits per heavy atom. The Bertz CT molecular complexity index is 1000. The van der Waals surface area contributed by atoms with Crippen LogP contribution in [0, 0.1) is 12.3 Å². The Hall–Kier alpha value is -3.41. The number of benzene rings is 2. The van der Waals surface area contributed by atoms with Gasteiger partial charge in [-0.15, -0.1) is 0 Å². The van der Waals surface area contributed by atoms with Crippen LogP contribution in [0.3, 0.4) is 0 Å². The number of nitrogens with zero attached hydrogens (tertiary/aromatic N) is 2. The van der Waals surface area contributed by atoms with Gasteiger partial charge in [0.15, 0.2) is 0 Å². The predicted octanol–water partition coefficient (Wildman–Crippen LogP) is 4.42. The Labute approximate surface area is 164 Å². The molecule has 1 heterocycles. The lowest BCUT2D eigenvalue weighted by atomic mass is 9.95. The van der Waals surface area contributed by atoms with Gasteiger partial charge in [0.05, 0.1) is 5.69 Å². The molecule has 0 radical (unpaired) electrons. The number of carbonyl (C=O) groups is 2. The molecule has 3 rings (SSSR count). The first kappa shape index (κ1) is 19.4. The molecule has 6 heteroatoms. The molecule has 0 aliphatic heterocycles. The van der Waals surface area contributed by atoms with E-state index in [0.29, 0.717) is 11.3 Å². The van der Waals surface area contributed by atoms with Crippen molar-refractivity contribution in [1.29, 1.82) is 0 Å². The van der Waals surface area contributed by atoms with Gasteiger partial charge in [0.2, 0.25) is 5.91 Å². The minimum absolute atomic E-state index is 0.0529. The van der Waals surface area contributed by atoms with Crippen molar-refractivity contribution in [1.82, 2.24) is 9.78 Å². The minimum atomic E-state index is -0.473. The van der Waals surface area contributed by atoms with Crippen LogP contribution in [-0.4, -0.2) is 21.6 Å². The number of hydrogen-bond acceptors (Lipinski definition) is 3. The molecule has 2 N–H and O–H groups in total. The Morgan fingerprint density at radius 2 is 1.79 bits per heavy atom. The summed E-state index contributed by atoms with van der Waals surface area (Å²) in [5.41, 5.74) is 3.16. The molecule has 1 aromatic heterocycles. The van der Waals surface area contributed by atoms with Crippen LogP contribution in [-0.2, 0) is 4.79 Å². The number of aryl methyl sites for hydroxylation is 1. The van der Waals surface area contributed by atoms with Crippen molar-refractivity contribution in [3.05, 3.63) is 72.1 Å². The zero-order valence-corrected chi connectivity index (χ0v) is 16.5. The standard InChI is InChI=1S/C22H24N4O2/c1-15-13-17(9-10-19(15)25-21(28)22(2,3)4)24-20(27)16-7-5-8-18(14-16)26-12-6-11-23-26/h5-14H,1-4H3,(H,24,27)(H,25,28). The Morgan fingerprint density at radius 1 is 1.00 bits per heavy atom. The van der Waals surface area contributed by atoms with E-state index in [0.717, 1.165) is 16.9 Å². The highest BCUT2D eigenvalue weighted by molar-refractivity contribution is 6.05. The third kappa shape index (κ3) is 4.46. The van der Waals surface area contributed by atoms with Crippen molar-refractivity contribution in [2.45, 2.75) is 27.7 Å². The number of aromatic nitrogens is 2. The molecular weight excluding hydrogens is 352 g/mol. The summed E-state index contributed by atoms with van der Waals surface area (Å²) in [6, 6.07) is 14.5. The normalized spacial score (nSPS) is 11.1. The number of rotatable bonds is 4. The van der Waals surface area contributed by atoms with Crippen LogP contribution in [0.4, 0.5) is 11.4 Å². The molecule has 0 aliphatic carbocycles. The fourth-order valence-electron chi connectivity index (χ4n) is 2.61. The molecule has 0 atom stereocenters. The summed E-state index contributed by atoms with van der Waals surface area (Å²) in [5, 5.41) is 10.0. The molecule has 0 saturated carbocycles. The van der Waals surface area contributed by atoms with E-state index in [4.69, 9.17) is 0 Å². The first-order chi connectivity index (χ1) is 13.2. The highest BCUT2D eigenvalue weighted by Crippen LogP contribution is 2.23. The van der Waals surface area contributed by atoms with Crippen LogP contribution in [0.5, 0.6) is 0 Å². The largest absolute Gasteiger partial charge is 0.325 e. The number of amides is 2. The van der Waals surface area contributed by atoms with Gasteiger partial charge in [-0.05, 0) is 55.0 Å². The van der Waals surface area contributed by atoms with E-state index in [1.165, 1.54) is 0 Å². The van der Waals surface area contributed by atoms with Crippen LogP contribution in [0.1, 0.15) is 36.7 Å². The maximum Gasteiger partial charge on any atom is 0.255 e. The van der Waals surface area contributed by atoms with Crippen molar-refractivity contribution in [3.8, 4) is 5.69 Å².